The third-order valence-corrected chi connectivity index (χ3v) is 6.42. The Hall–Kier alpha value is -1.31. The number of esters is 1. The lowest BCUT2D eigenvalue weighted by atomic mass is 9.94. The fourth-order valence-corrected chi connectivity index (χ4v) is 4.95. The summed E-state index contributed by atoms with van der Waals surface area (Å²) < 4.78 is 9.73. The molecule has 0 radical (unpaired) electrons. The number of nitrogens with one attached hydrogen (secondary N) is 1. The van der Waals surface area contributed by atoms with E-state index in [-0.39, 0.29) is 29.9 Å². The predicted octanol–water partition coefficient (Wildman–Crippen LogP) is 1.51. The van der Waals surface area contributed by atoms with Gasteiger partial charge in [-0.15, -0.1) is 0 Å². The van der Waals surface area contributed by atoms with Crippen LogP contribution in [-0.4, -0.2) is 23.7 Å². The van der Waals surface area contributed by atoms with E-state index in [9.17, 15) is 4.79 Å². The van der Waals surface area contributed by atoms with Gasteiger partial charge < -0.3 is 34.0 Å². The Balaban J connectivity index is 0.00000225. The molecule has 0 unspecified atom stereocenters. The third kappa shape index (κ3) is 4.16. The molecule has 0 amide bonds. The number of aromatic nitrogens is 2. The summed E-state index contributed by atoms with van der Waals surface area (Å²) >= 11 is 0. The molecule has 0 aliphatic heterocycles. The second-order valence-corrected chi connectivity index (χ2v) is 8.25. The first-order valence-electron chi connectivity index (χ1n) is 10.6. The number of hydrogen-bond donors (Lipinski definition) is 1. The number of imidazole rings is 1. The first-order valence-corrected chi connectivity index (χ1v) is 10.6. The van der Waals surface area contributed by atoms with Gasteiger partial charge in [-0.3, -0.25) is 0 Å². The molecule has 1 heterocycles. The number of carbonyl (C=O) groups is 1. The van der Waals surface area contributed by atoms with Gasteiger partial charge in [0.1, 0.15) is 11.7 Å². The van der Waals surface area contributed by atoms with Gasteiger partial charge in [0.2, 0.25) is 6.33 Å². The molecular weight excluding hydrogens is 465 g/mol. The van der Waals surface area contributed by atoms with E-state index in [1.54, 1.807) is 0 Å². The second kappa shape index (κ2) is 9.46. The van der Waals surface area contributed by atoms with Crippen LogP contribution in [0.5, 0.6) is 0 Å². The number of methoxy groups -OCH3 is 1. The minimum Gasteiger partial charge on any atom is -1.00 e. The van der Waals surface area contributed by atoms with Gasteiger partial charge in [0.25, 0.3) is 0 Å². The molecule has 2 fully saturated rings. The monoisotopic (exact) mass is 497 g/mol. The molecule has 5 nitrogen and oxygen atoms in total. The molecule has 2 aliphatic rings. The lowest BCUT2D eigenvalue weighted by molar-refractivity contribution is -0.701. The normalized spacial score (nSPS) is 18.6. The predicted molar refractivity (Wildman–Crippen MR) is 107 cm³/mol. The van der Waals surface area contributed by atoms with Gasteiger partial charge in [0.05, 0.1) is 19.7 Å². The van der Waals surface area contributed by atoms with Gasteiger partial charge in [0.15, 0.2) is 11.0 Å². The highest BCUT2D eigenvalue weighted by Crippen LogP contribution is 2.32. The number of halogens is 1. The zero-order chi connectivity index (χ0) is 18.8. The van der Waals surface area contributed by atoms with E-state index in [2.05, 4.69) is 33.9 Å². The van der Waals surface area contributed by atoms with E-state index in [4.69, 9.17) is 4.74 Å². The number of rotatable bonds is 4. The zero-order valence-corrected chi connectivity index (χ0v) is 19.2. The number of hydrogen-bond acceptors (Lipinski definition) is 3. The Bertz CT molecular complexity index is 821. The Labute approximate surface area is 184 Å². The zero-order valence-electron chi connectivity index (χ0n) is 17.0. The van der Waals surface area contributed by atoms with Crippen molar-refractivity contribution in [3.05, 3.63) is 24.0 Å². The smallest absolute Gasteiger partial charge is 0.340 e. The minimum atomic E-state index is -0.255. The molecular formula is C22H32IN3O2. The fraction of sp³-hybridized carbons (Fsp3) is 0.636. The maximum Gasteiger partial charge on any atom is 0.340 e. The summed E-state index contributed by atoms with van der Waals surface area (Å²) in [6.45, 7) is 0. The van der Waals surface area contributed by atoms with E-state index in [1.807, 2.05) is 6.07 Å². The molecule has 154 valence electrons. The van der Waals surface area contributed by atoms with Crippen LogP contribution in [0, 0.1) is 0 Å². The molecule has 28 heavy (non-hydrogen) atoms. The maximum absolute atomic E-state index is 12.5. The highest BCUT2D eigenvalue weighted by atomic mass is 127. The summed E-state index contributed by atoms with van der Waals surface area (Å²) in [5, 5.41) is 3.77. The summed E-state index contributed by atoms with van der Waals surface area (Å²) in [5.41, 5.74) is 3.97. The summed E-state index contributed by atoms with van der Waals surface area (Å²) in [5.74, 6) is -0.255. The van der Waals surface area contributed by atoms with Crippen molar-refractivity contribution in [2.24, 2.45) is 7.05 Å². The summed E-state index contributed by atoms with van der Waals surface area (Å²) in [6, 6.07) is 4.94. The number of anilines is 1. The van der Waals surface area contributed by atoms with Crippen LogP contribution in [0.15, 0.2) is 18.5 Å². The average molecular weight is 497 g/mol. The number of aryl methyl sites for hydroxylation is 1. The van der Waals surface area contributed by atoms with Gasteiger partial charge in [-0.25, -0.2) is 13.9 Å². The standard InChI is InChI=1S/C22H31N3O2.HI/c1-24-15-25(17-11-7-4-8-12-17)21-19(24)14-13-18(22(26)27-2)20(21)23-16-9-5-3-6-10-16;/h13-17H,3-12H2,1-2H3;1H. The lowest BCUT2D eigenvalue weighted by Gasteiger charge is -2.25. The molecule has 0 atom stereocenters. The third-order valence-electron chi connectivity index (χ3n) is 6.42. The van der Waals surface area contributed by atoms with Crippen LogP contribution in [0.3, 0.4) is 0 Å². The Morgan fingerprint density at radius 1 is 1.07 bits per heavy atom. The van der Waals surface area contributed by atoms with Crippen LogP contribution in [0.4, 0.5) is 5.69 Å². The van der Waals surface area contributed by atoms with Crippen molar-refractivity contribution >= 4 is 22.7 Å². The van der Waals surface area contributed by atoms with Crippen LogP contribution in [0.1, 0.15) is 80.6 Å². The molecule has 6 heteroatoms. The highest BCUT2D eigenvalue weighted by molar-refractivity contribution is 6.03. The van der Waals surface area contributed by atoms with E-state index in [0.717, 1.165) is 11.2 Å². The SMILES string of the molecule is COC(=O)c1ccc2c(c1NC1CCCCC1)[n+](C1CCCCC1)cn2C.[I-]. The molecule has 0 saturated heterocycles. The van der Waals surface area contributed by atoms with Crippen molar-refractivity contribution in [3.8, 4) is 0 Å². The first kappa shape index (κ1) is 21.4. The number of fused-ring (bicyclic) bond motifs is 1. The van der Waals surface area contributed by atoms with Crippen molar-refractivity contribution in [2.45, 2.75) is 76.3 Å². The summed E-state index contributed by atoms with van der Waals surface area (Å²) in [6.07, 6.45) is 14.8. The molecule has 1 aromatic carbocycles. The van der Waals surface area contributed by atoms with E-state index in [0.29, 0.717) is 17.6 Å². The number of benzene rings is 1. The van der Waals surface area contributed by atoms with Gasteiger partial charge in [-0.2, -0.15) is 0 Å². The Kier molecular flexibility index (Phi) is 7.23. The number of carbonyl (C=O) groups excluding carboxylic acids is 1. The van der Waals surface area contributed by atoms with Crippen LogP contribution in [-0.2, 0) is 11.8 Å². The highest BCUT2D eigenvalue weighted by Gasteiger charge is 2.30. The van der Waals surface area contributed by atoms with Crippen LogP contribution in [0.2, 0.25) is 0 Å². The van der Waals surface area contributed by atoms with Crippen LogP contribution in [0.25, 0.3) is 11.0 Å². The van der Waals surface area contributed by atoms with E-state index >= 15 is 0 Å². The van der Waals surface area contributed by atoms with E-state index < -0.39 is 0 Å². The van der Waals surface area contributed by atoms with Crippen molar-refractivity contribution in [2.75, 3.05) is 12.4 Å². The van der Waals surface area contributed by atoms with Crippen molar-refractivity contribution in [1.29, 1.82) is 0 Å². The van der Waals surface area contributed by atoms with Gasteiger partial charge in [-0.1, -0.05) is 25.7 Å². The lowest BCUT2D eigenvalue weighted by Crippen LogP contribution is -3.00. The average Bonchev–Trinajstić information content (AvgIpc) is 3.06. The van der Waals surface area contributed by atoms with Crippen molar-refractivity contribution in [3.63, 3.8) is 0 Å². The van der Waals surface area contributed by atoms with Crippen LogP contribution < -0.4 is 33.9 Å². The van der Waals surface area contributed by atoms with Crippen molar-refractivity contribution in [1.82, 2.24) is 4.57 Å². The topological polar surface area (TPSA) is 47.1 Å². The molecule has 4 rings (SSSR count). The van der Waals surface area contributed by atoms with Gasteiger partial charge in [0, 0.05) is 6.04 Å². The molecule has 1 aromatic heterocycles. The largest absolute Gasteiger partial charge is 1.00 e. The maximum atomic E-state index is 12.5. The van der Waals surface area contributed by atoms with E-state index in [1.165, 1.54) is 76.8 Å². The quantitative estimate of drug-likeness (QED) is 0.396. The minimum absolute atomic E-state index is 0. The summed E-state index contributed by atoms with van der Waals surface area (Å²) in [4.78, 5) is 12.5. The molecule has 2 saturated carbocycles. The van der Waals surface area contributed by atoms with Crippen LogP contribution >= 0.6 is 0 Å². The first-order chi connectivity index (χ1) is 13.2. The number of nitrogens with zero attached hydrogens (tertiary/aromatic N) is 2. The molecule has 2 aromatic rings. The number of ether oxygens (including phenoxy) is 1. The molecule has 1 N–H and O–H groups in total. The Morgan fingerprint density at radius 2 is 1.71 bits per heavy atom. The Morgan fingerprint density at radius 3 is 2.36 bits per heavy atom. The fourth-order valence-electron chi connectivity index (χ4n) is 4.95. The summed E-state index contributed by atoms with van der Waals surface area (Å²) in [7, 11) is 3.57. The molecule has 2 aliphatic carbocycles. The van der Waals surface area contributed by atoms with Gasteiger partial charge in [-0.05, 0) is 50.7 Å². The molecule has 0 bridgehead atoms. The van der Waals surface area contributed by atoms with Gasteiger partial charge >= 0.3 is 5.97 Å². The molecule has 0 spiro atoms. The van der Waals surface area contributed by atoms with Crippen molar-refractivity contribution < 1.29 is 38.1 Å². The second-order valence-electron chi connectivity index (χ2n) is 8.25.